The SMILES string of the molecule is COc1ccc(Cl)cc1N(CC(=O)N(Cc1ccc(Br)cc1)[C@@H](C)C(=O)NC1CCCCC1)S(C)(=O)=O. The molecule has 2 aromatic rings. The van der Waals surface area contributed by atoms with Crippen LogP contribution < -0.4 is 14.4 Å². The molecule has 0 radical (unpaired) electrons. The first-order chi connectivity index (χ1) is 17.5. The van der Waals surface area contributed by atoms with E-state index in [-0.39, 0.29) is 29.9 Å². The van der Waals surface area contributed by atoms with E-state index in [1.165, 1.54) is 18.1 Å². The van der Waals surface area contributed by atoms with Crippen LogP contribution in [0.2, 0.25) is 5.02 Å². The Labute approximate surface area is 232 Å². The second-order valence-electron chi connectivity index (χ2n) is 9.25. The second kappa shape index (κ2) is 13.0. The molecule has 0 saturated heterocycles. The Morgan fingerprint density at radius 2 is 1.78 bits per heavy atom. The van der Waals surface area contributed by atoms with Gasteiger partial charge >= 0.3 is 0 Å². The van der Waals surface area contributed by atoms with Crippen LogP contribution in [0.4, 0.5) is 5.69 Å². The van der Waals surface area contributed by atoms with Gasteiger partial charge in [0, 0.05) is 22.1 Å². The molecule has 1 saturated carbocycles. The minimum atomic E-state index is -3.90. The Kier molecular flexibility index (Phi) is 10.3. The van der Waals surface area contributed by atoms with E-state index in [9.17, 15) is 18.0 Å². The molecular formula is C26H33BrClN3O5S. The van der Waals surface area contributed by atoms with Crippen LogP contribution in [0.5, 0.6) is 5.75 Å². The highest BCUT2D eigenvalue weighted by Crippen LogP contribution is 2.33. The van der Waals surface area contributed by atoms with Gasteiger partial charge in [-0.05, 0) is 55.7 Å². The Bertz CT molecular complexity index is 1200. The van der Waals surface area contributed by atoms with Crippen molar-refractivity contribution in [3.8, 4) is 5.75 Å². The average Bonchev–Trinajstić information content (AvgIpc) is 2.86. The van der Waals surface area contributed by atoms with E-state index in [0.717, 1.165) is 52.7 Å². The number of hydrogen-bond donors (Lipinski definition) is 1. The number of nitrogens with zero attached hydrogens (tertiary/aromatic N) is 2. The predicted octanol–water partition coefficient (Wildman–Crippen LogP) is 4.74. The van der Waals surface area contributed by atoms with Gasteiger partial charge in [0.1, 0.15) is 18.3 Å². The van der Waals surface area contributed by atoms with Gasteiger partial charge in [0.05, 0.1) is 19.1 Å². The van der Waals surface area contributed by atoms with Gasteiger partial charge in [-0.15, -0.1) is 0 Å². The number of carbonyl (C=O) groups excluding carboxylic acids is 2. The molecule has 1 N–H and O–H groups in total. The van der Waals surface area contributed by atoms with Crippen LogP contribution >= 0.6 is 27.5 Å². The summed E-state index contributed by atoms with van der Waals surface area (Å²) in [6.45, 7) is 1.28. The van der Waals surface area contributed by atoms with Crippen molar-refractivity contribution in [1.29, 1.82) is 0 Å². The summed E-state index contributed by atoms with van der Waals surface area (Å²) in [5.41, 5.74) is 0.953. The second-order valence-corrected chi connectivity index (χ2v) is 12.5. The lowest BCUT2D eigenvalue weighted by atomic mass is 9.95. The molecule has 1 aliphatic rings. The van der Waals surface area contributed by atoms with E-state index < -0.39 is 28.5 Å². The number of carbonyl (C=O) groups is 2. The summed E-state index contributed by atoms with van der Waals surface area (Å²) in [6, 6.07) is 11.2. The van der Waals surface area contributed by atoms with Crippen LogP contribution in [0.1, 0.15) is 44.6 Å². The first kappa shape index (κ1) is 29.3. The first-order valence-electron chi connectivity index (χ1n) is 12.1. The smallest absolute Gasteiger partial charge is 0.244 e. The summed E-state index contributed by atoms with van der Waals surface area (Å²) in [4.78, 5) is 28.4. The summed E-state index contributed by atoms with van der Waals surface area (Å²) in [7, 11) is -2.49. The minimum absolute atomic E-state index is 0.0802. The van der Waals surface area contributed by atoms with E-state index in [2.05, 4.69) is 21.2 Å². The number of sulfonamides is 1. The van der Waals surface area contributed by atoms with Gasteiger partial charge < -0.3 is 15.0 Å². The Balaban J connectivity index is 1.91. The number of hydrogen-bond acceptors (Lipinski definition) is 5. The fraction of sp³-hybridized carbons (Fsp3) is 0.462. The van der Waals surface area contributed by atoms with Crippen LogP contribution in [0.3, 0.4) is 0 Å². The standard InChI is InChI=1S/C26H33BrClN3O5S/c1-18(26(33)29-22-7-5-4-6-8-22)30(16-19-9-11-20(27)12-10-19)25(32)17-31(37(3,34)35)23-15-21(28)13-14-24(23)36-2/h9-15,18,22H,4-8,16-17H2,1-3H3,(H,29,33)/t18-/m0/s1. The van der Waals surface area contributed by atoms with Gasteiger partial charge in [-0.25, -0.2) is 8.42 Å². The number of halogens is 2. The lowest BCUT2D eigenvalue weighted by molar-refractivity contribution is -0.139. The van der Waals surface area contributed by atoms with Crippen LogP contribution in [-0.2, 0) is 26.2 Å². The molecule has 0 aliphatic heterocycles. The third-order valence-electron chi connectivity index (χ3n) is 6.47. The molecule has 2 aromatic carbocycles. The summed E-state index contributed by atoms with van der Waals surface area (Å²) in [5.74, 6) is -0.532. The van der Waals surface area contributed by atoms with Gasteiger partial charge in [0.2, 0.25) is 21.8 Å². The fourth-order valence-corrected chi connectivity index (χ4v) is 5.67. The van der Waals surface area contributed by atoms with Crippen molar-refractivity contribution in [2.24, 2.45) is 0 Å². The lowest BCUT2D eigenvalue weighted by Gasteiger charge is -2.33. The Morgan fingerprint density at radius 3 is 2.38 bits per heavy atom. The third-order valence-corrected chi connectivity index (χ3v) is 8.36. The minimum Gasteiger partial charge on any atom is -0.495 e. The quantitative estimate of drug-likeness (QED) is 0.417. The van der Waals surface area contributed by atoms with Crippen molar-refractivity contribution in [2.45, 2.75) is 57.7 Å². The number of anilines is 1. The van der Waals surface area contributed by atoms with Crippen LogP contribution in [0.15, 0.2) is 46.9 Å². The molecule has 0 bridgehead atoms. The summed E-state index contributed by atoms with van der Waals surface area (Å²) in [5, 5.41) is 3.38. The maximum atomic E-state index is 13.7. The number of rotatable bonds is 10. The number of benzene rings is 2. The molecule has 1 atom stereocenters. The van der Waals surface area contributed by atoms with E-state index in [4.69, 9.17) is 16.3 Å². The highest BCUT2D eigenvalue weighted by atomic mass is 79.9. The number of ether oxygens (including phenoxy) is 1. The largest absolute Gasteiger partial charge is 0.495 e. The van der Waals surface area contributed by atoms with E-state index in [1.54, 1.807) is 19.1 Å². The van der Waals surface area contributed by atoms with E-state index in [1.807, 2.05) is 24.3 Å². The topological polar surface area (TPSA) is 96.0 Å². The highest BCUT2D eigenvalue weighted by Gasteiger charge is 2.32. The van der Waals surface area contributed by atoms with Gasteiger partial charge in [-0.3, -0.25) is 13.9 Å². The van der Waals surface area contributed by atoms with Crippen molar-refractivity contribution in [2.75, 3.05) is 24.2 Å². The zero-order valence-electron chi connectivity index (χ0n) is 21.2. The predicted molar refractivity (Wildman–Crippen MR) is 149 cm³/mol. The third kappa shape index (κ3) is 8.09. The van der Waals surface area contributed by atoms with Crippen LogP contribution in [0.25, 0.3) is 0 Å². The Morgan fingerprint density at radius 1 is 1.14 bits per heavy atom. The monoisotopic (exact) mass is 613 g/mol. The zero-order chi connectivity index (χ0) is 27.2. The maximum Gasteiger partial charge on any atom is 0.244 e. The van der Waals surface area contributed by atoms with Crippen molar-refractivity contribution >= 4 is 55.1 Å². The Hall–Kier alpha value is -2.30. The molecule has 0 aromatic heterocycles. The average molecular weight is 615 g/mol. The van der Waals surface area contributed by atoms with Gasteiger partial charge in [0.25, 0.3) is 0 Å². The molecule has 1 fully saturated rings. The van der Waals surface area contributed by atoms with Gasteiger partial charge in [0.15, 0.2) is 0 Å². The molecule has 202 valence electrons. The van der Waals surface area contributed by atoms with E-state index in [0.29, 0.717) is 5.02 Å². The number of nitrogens with one attached hydrogen (secondary N) is 1. The van der Waals surface area contributed by atoms with Crippen LogP contribution in [0, 0.1) is 0 Å². The normalized spacial score (nSPS) is 15.1. The molecule has 0 heterocycles. The molecule has 2 amide bonds. The van der Waals surface area contributed by atoms with Crippen molar-refractivity contribution in [3.63, 3.8) is 0 Å². The molecule has 1 aliphatic carbocycles. The molecule has 0 unspecified atom stereocenters. The van der Waals surface area contributed by atoms with Crippen molar-refractivity contribution in [3.05, 3.63) is 57.5 Å². The molecule has 37 heavy (non-hydrogen) atoms. The summed E-state index contributed by atoms with van der Waals surface area (Å²) in [6.07, 6.45) is 6.12. The number of methoxy groups -OCH3 is 1. The zero-order valence-corrected chi connectivity index (χ0v) is 24.4. The van der Waals surface area contributed by atoms with E-state index >= 15 is 0 Å². The summed E-state index contributed by atoms with van der Waals surface area (Å²) < 4.78 is 32.8. The molecule has 0 spiro atoms. The molecule has 3 rings (SSSR count). The summed E-state index contributed by atoms with van der Waals surface area (Å²) >= 11 is 9.55. The molecule has 11 heteroatoms. The van der Waals surface area contributed by atoms with Gasteiger partial charge in [-0.1, -0.05) is 58.9 Å². The number of amides is 2. The molecular weight excluding hydrogens is 582 g/mol. The highest BCUT2D eigenvalue weighted by molar-refractivity contribution is 9.10. The fourth-order valence-electron chi connectivity index (χ4n) is 4.39. The van der Waals surface area contributed by atoms with Crippen molar-refractivity contribution < 1.29 is 22.7 Å². The maximum absolute atomic E-state index is 13.7. The molecule has 8 nitrogen and oxygen atoms in total. The van der Waals surface area contributed by atoms with Gasteiger partial charge in [-0.2, -0.15) is 0 Å². The van der Waals surface area contributed by atoms with Crippen LogP contribution in [-0.4, -0.2) is 57.1 Å². The first-order valence-corrected chi connectivity index (χ1v) is 15.2. The lowest BCUT2D eigenvalue weighted by Crippen LogP contribution is -2.53. The van der Waals surface area contributed by atoms with Crippen molar-refractivity contribution in [1.82, 2.24) is 10.2 Å².